The summed E-state index contributed by atoms with van der Waals surface area (Å²) in [5.41, 5.74) is 7.59. The van der Waals surface area contributed by atoms with Crippen molar-refractivity contribution in [2.45, 2.75) is 18.9 Å². The van der Waals surface area contributed by atoms with Crippen LogP contribution in [0, 0.1) is 0 Å². The fraction of sp³-hybridized carbons (Fsp3) is 0.250. The Labute approximate surface area is 109 Å². The van der Waals surface area contributed by atoms with Gasteiger partial charge in [-0.05, 0) is 31.0 Å². The van der Waals surface area contributed by atoms with Gasteiger partial charge in [-0.15, -0.1) is 0 Å². The van der Waals surface area contributed by atoms with Crippen molar-refractivity contribution in [3.05, 3.63) is 34.6 Å². The molecule has 0 amide bonds. The fourth-order valence-electron chi connectivity index (χ4n) is 1.90. The van der Waals surface area contributed by atoms with Crippen LogP contribution in [0.2, 0.25) is 10.0 Å². The van der Waals surface area contributed by atoms with Crippen molar-refractivity contribution < 1.29 is 0 Å². The third kappa shape index (κ3) is 1.90. The minimum Gasteiger partial charge on any atom is -0.383 e. The Bertz CT molecular complexity index is 573. The molecule has 3 rings (SSSR count). The molecule has 1 fully saturated rings. The van der Waals surface area contributed by atoms with E-state index >= 15 is 0 Å². The molecule has 1 aliphatic rings. The highest BCUT2D eigenvalue weighted by Crippen LogP contribution is 2.40. The number of aromatic nitrogens is 2. The van der Waals surface area contributed by atoms with Crippen LogP contribution in [0.5, 0.6) is 0 Å². The summed E-state index contributed by atoms with van der Waals surface area (Å²) in [6.45, 7) is 0. The fourth-order valence-corrected chi connectivity index (χ4v) is 2.28. The summed E-state index contributed by atoms with van der Waals surface area (Å²) in [6.07, 6.45) is 4.12. The highest BCUT2D eigenvalue weighted by Gasteiger charge is 2.26. The van der Waals surface area contributed by atoms with Crippen LogP contribution in [-0.4, -0.2) is 9.55 Å². The Morgan fingerprint density at radius 2 is 2.06 bits per heavy atom. The largest absolute Gasteiger partial charge is 0.383 e. The van der Waals surface area contributed by atoms with Crippen LogP contribution in [0.1, 0.15) is 18.9 Å². The topological polar surface area (TPSA) is 43.8 Å². The minimum atomic E-state index is 0.509. The Kier molecular flexibility index (Phi) is 2.53. The zero-order valence-corrected chi connectivity index (χ0v) is 10.5. The van der Waals surface area contributed by atoms with Gasteiger partial charge in [0.2, 0.25) is 0 Å². The van der Waals surface area contributed by atoms with Gasteiger partial charge in [0.15, 0.2) is 0 Å². The van der Waals surface area contributed by atoms with E-state index in [2.05, 4.69) is 4.98 Å². The number of rotatable bonds is 2. The van der Waals surface area contributed by atoms with E-state index in [-0.39, 0.29) is 0 Å². The third-order valence-electron chi connectivity index (χ3n) is 2.96. The highest BCUT2D eigenvalue weighted by atomic mass is 35.5. The molecular formula is C12H11Cl2N3. The van der Waals surface area contributed by atoms with Crippen LogP contribution >= 0.6 is 23.2 Å². The van der Waals surface area contributed by atoms with Gasteiger partial charge in [0, 0.05) is 16.6 Å². The lowest BCUT2D eigenvalue weighted by atomic mass is 10.1. The average Bonchev–Trinajstić information content (AvgIpc) is 3.07. The summed E-state index contributed by atoms with van der Waals surface area (Å²) in [5.74, 6) is 0.664. The zero-order valence-electron chi connectivity index (χ0n) is 9.03. The molecule has 0 unspecified atom stereocenters. The second-order valence-corrected chi connectivity index (χ2v) is 5.08. The molecule has 88 valence electrons. The molecule has 2 aromatic rings. The van der Waals surface area contributed by atoms with Gasteiger partial charge in [0.1, 0.15) is 11.5 Å². The average molecular weight is 268 g/mol. The van der Waals surface area contributed by atoms with Gasteiger partial charge >= 0.3 is 0 Å². The molecule has 0 radical (unpaired) electrons. The lowest BCUT2D eigenvalue weighted by Gasteiger charge is -2.05. The van der Waals surface area contributed by atoms with Crippen molar-refractivity contribution in [3.8, 4) is 11.3 Å². The first-order chi connectivity index (χ1) is 8.16. The first-order valence-electron chi connectivity index (χ1n) is 5.44. The summed E-state index contributed by atoms with van der Waals surface area (Å²) in [5, 5.41) is 1.24. The van der Waals surface area contributed by atoms with Crippen LogP contribution in [0.4, 0.5) is 5.82 Å². The van der Waals surface area contributed by atoms with E-state index < -0.39 is 0 Å². The van der Waals surface area contributed by atoms with Crippen LogP contribution in [0.3, 0.4) is 0 Å². The van der Waals surface area contributed by atoms with E-state index in [0.29, 0.717) is 27.6 Å². The molecule has 0 bridgehead atoms. The maximum atomic E-state index is 6.14. The second kappa shape index (κ2) is 3.93. The molecule has 1 aliphatic carbocycles. The first-order valence-corrected chi connectivity index (χ1v) is 6.20. The molecule has 1 saturated carbocycles. The number of imidazole rings is 1. The Morgan fingerprint density at radius 1 is 1.29 bits per heavy atom. The molecule has 3 nitrogen and oxygen atoms in total. The quantitative estimate of drug-likeness (QED) is 0.900. The minimum absolute atomic E-state index is 0.509. The number of hydrogen-bond donors (Lipinski definition) is 1. The number of hydrogen-bond acceptors (Lipinski definition) is 2. The summed E-state index contributed by atoms with van der Waals surface area (Å²) >= 11 is 12.1. The number of anilines is 1. The smallest absolute Gasteiger partial charge is 0.131 e. The Morgan fingerprint density at radius 3 is 2.76 bits per heavy atom. The molecule has 0 atom stereocenters. The van der Waals surface area contributed by atoms with Crippen LogP contribution in [0.15, 0.2) is 24.5 Å². The second-order valence-electron chi connectivity index (χ2n) is 4.24. The summed E-state index contributed by atoms with van der Waals surface area (Å²) in [7, 11) is 0. The Balaban J connectivity index is 2.11. The molecule has 0 spiro atoms. The third-order valence-corrected chi connectivity index (χ3v) is 3.52. The molecule has 1 aromatic heterocycles. The maximum Gasteiger partial charge on any atom is 0.131 e. The van der Waals surface area contributed by atoms with E-state index in [1.807, 2.05) is 4.57 Å². The van der Waals surface area contributed by atoms with Crippen molar-refractivity contribution in [3.63, 3.8) is 0 Å². The van der Waals surface area contributed by atoms with Crippen molar-refractivity contribution in [1.29, 1.82) is 0 Å². The molecule has 1 heterocycles. The van der Waals surface area contributed by atoms with Gasteiger partial charge in [-0.1, -0.05) is 23.2 Å². The van der Waals surface area contributed by atoms with Gasteiger partial charge in [0.25, 0.3) is 0 Å². The summed E-state index contributed by atoms with van der Waals surface area (Å²) < 4.78 is 2.01. The lowest BCUT2D eigenvalue weighted by Crippen LogP contribution is -1.99. The molecule has 0 saturated heterocycles. The number of nitrogens with two attached hydrogens (primary N) is 1. The van der Waals surface area contributed by atoms with Gasteiger partial charge in [0.05, 0.1) is 11.3 Å². The van der Waals surface area contributed by atoms with Crippen LogP contribution in [-0.2, 0) is 0 Å². The van der Waals surface area contributed by atoms with Gasteiger partial charge in [-0.25, -0.2) is 4.98 Å². The van der Waals surface area contributed by atoms with Crippen LogP contribution in [0.25, 0.3) is 11.3 Å². The number of halogens is 2. The van der Waals surface area contributed by atoms with Crippen molar-refractivity contribution >= 4 is 29.0 Å². The zero-order chi connectivity index (χ0) is 12.0. The van der Waals surface area contributed by atoms with Crippen molar-refractivity contribution in [2.24, 2.45) is 0 Å². The van der Waals surface area contributed by atoms with E-state index in [1.165, 1.54) is 12.8 Å². The Hall–Kier alpha value is -1.19. The molecule has 17 heavy (non-hydrogen) atoms. The van der Waals surface area contributed by atoms with E-state index in [4.69, 9.17) is 28.9 Å². The summed E-state index contributed by atoms with van der Waals surface area (Å²) in [4.78, 5) is 4.34. The number of nitrogen functional groups attached to an aromatic ring is 1. The maximum absolute atomic E-state index is 6.14. The first kappa shape index (κ1) is 10.9. The molecule has 2 N–H and O–H groups in total. The monoisotopic (exact) mass is 267 g/mol. The van der Waals surface area contributed by atoms with Gasteiger partial charge < -0.3 is 10.3 Å². The van der Waals surface area contributed by atoms with Crippen molar-refractivity contribution in [1.82, 2.24) is 9.55 Å². The predicted molar refractivity (Wildman–Crippen MR) is 70.4 cm³/mol. The lowest BCUT2D eigenvalue weighted by molar-refractivity contribution is 0.751. The van der Waals surface area contributed by atoms with Crippen molar-refractivity contribution in [2.75, 3.05) is 5.73 Å². The standard InChI is InChI=1S/C12H11Cl2N3/c13-7-1-4-10(14)9(5-7)11-12(15)17(6-16-11)8-2-3-8/h1,4-6,8H,2-3,15H2. The molecule has 1 aromatic carbocycles. The normalized spacial score (nSPS) is 15.2. The number of benzene rings is 1. The van der Waals surface area contributed by atoms with E-state index in [0.717, 1.165) is 5.56 Å². The highest BCUT2D eigenvalue weighted by molar-refractivity contribution is 6.35. The molecule has 0 aliphatic heterocycles. The van der Waals surface area contributed by atoms with E-state index in [1.54, 1.807) is 24.5 Å². The van der Waals surface area contributed by atoms with Crippen LogP contribution < -0.4 is 5.73 Å². The predicted octanol–water partition coefficient (Wildman–Crippen LogP) is 3.77. The van der Waals surface area contributed by atoms with Gasteiger partial charge in [-0.3, -0.25) is 0 Å². The summed E-state index contributed by atoms with van der Waals surface area (Å²) in [6, 6.07) is 5.81. The molecule has 5 heteroatoms. The SMILES string of the molecule is Nc1c(-c2cc(Cl)ccc2Cl)ncn1C1CC1. The molecular weight excluding hydrogens is 257 g/mol. The number of nitrogens with zero attached hydrogens (tertiary/aromatic N) is 2. The van der Waals surface area contributed by atoms with E-state index in [9.17, 15) is 0 Å². The van der Waals surface area contributed by atoms with Gasteiger partial charge in [-0.2, -0.15) is 0 Å².